The van der Waals surface area contributed by atoms with Gasteiger partial charge in [-0.15, -0.1) is 0 Å². The Labute approximate surface area is 171 Å². The molecule has 1 saturated heterocycles. The second kappa shape index (κ2) is 8.36. The zero-order valence-corrected chi connectivity index (χ0v) is 17.5. The molecule has 2 aromatic rings. The molecule has 0 radical (unpaired) electrons. The van der Waals surface area contributed by atoms with E-state index in [2.05, 4.69) is 56.1 Å². The number of nitrogens with zero attached hydrogens (tertiary/aromatic N) is 1. The maximum absolute atomic E-state index is 12.0. The smallest absolute Gasteiger partial charge is 0.267 e. The fraction of sp³-hybridized carbons (Fsp3) is 0.391. The van der Waals surface area contributed by atoms with Crippen molar-refractivity contribution in [3.8, 4) is 0 Å². The molecular weight excluding hydrogens is 372 g/mol. The number of halogens is 1. The lowest BCUT2D eigenvalue weighted by Gasteiger charge is -2.20. The molecule has 0 atom stereocenters. The van der Waals surface area contributed by atoms with Crippen LogP contribution in [-0.2, 0) is 10.2 Å². The van der Waals surface area contributed by atoms with Crippen molar-refractivity contribution in [3.05, 3.63) is 74.7 Å². The maximum atomic E-state index is 12.0. The first-order chi connectivity index (χ1) is 13.3. The highest BCUT2D eigenvalue weighted by molar-refractivity contribution is 6.30. The van der Waals surface area contributed by atoms with Crippen molar-refractivity contribution in [3.63, 3.8) is 0 Å². The SMILES string of the molecule is CC(C)(C)c1ccc(/C(=C\CCN2CCCC2=O)c2ccc(Cl)c(=O)[nH]2)cc1. The molecule has 0 aliphatic carbocycles. The molecule has 1 aromatic carbocycles. The summed E-state index contributed by atoms with van der Waals surface area (Å²) in [7, 11) is 0. The molecule has 1 aliphatic rings. The summed E-state index contributed by atoms with van der Waals surface area (Å²) < 4.78 is 0. The van der Waals surface area contributed by atoms with Gasteiger partial charge in [-0.2, -0.15) is 0 Å². The molecule has 1 amide bonds. The Bertz CT molecular complexity index is 936. The number of aromatic nitrogens is 1. The first-order valence-corrected chi connectivity index (χ1v) is 10.1. The van der Waals surface area contributed by atoms with Gasteiger partial charge in [-0.1, -0.05) is 62.7 Å². The van der Waals surface area contributed by atoms with E-state index >= 15 is 0 Å². The number of pyridine rings is 1. The van der Waals surface area contributed by atoms with Crippen LogP contribution in [0.1, 0.15) is 56.9 Å². The molecule has 0 bridgehead atoms. The zero-order chi connectivity index (χ0) is 20.3. The summed E-state index contributed by atoms with van der Waals surface area (Å²) in [4.78, 5) is 28.6. The lowest BCUT2D eigenvalue weighted by molar-refractivity contribution is -0.127. The predicted octanol–water partition coefficient (Wildman–Crippen LogP) is 4.77. The van der Waals surface area contributed by atoms with Crippen LogP contribution in [0.3, 0.4) is 0 Å². The molecule has 5 heteroatoms. The number of nitrogens with one attached hydrogen (secondary N) is 1. The molecule has 28 heavy (non-hydrogen) atoms. The minimum Gasteiger partial charge on any atom is -0.342 e. The van der Waals surface area contributed by atoms with Gasteiger partial charge in [0.15, 0.2) is 0 Å². The van der Waals surface area contributed by atoms with Crippen molar-refractivity contribution in [2.45, 2.75) is 45.4 Å². The topological polar surface area (TPSA) is 53.2 Å². The van der Waals surface area contributed by atoms with Crippen molar-refractivity contribution in [2.75, 3.05) is 13.1 Å². The van der Waals surface area contributed by atoms with Crippen LogP contribution >= 0.6 is 11.6 Å². The fourth-order valence-electron chi connectivity index (χ4n) is 3.45. The molecule has 0 spiro atoms. The summed E-state index contributed by atoms with van der Waals surface area (Å²) in [6, 6.07) is 11.9. The van der Waals surface area contributed by atoms with E-state index in [1.807, 2.05) is 11.0 Å². The highest BCUT2D eigenvalue weighted by Crippen LogP contribution is 2.27. The number of hydrogen-bond acceptors (Lipinski definition) is 2. The van der Waals surface area contributed by atoms with Gasteiger partial charge in [0.05, 0.1) is 0 Å². The van der Waals surface area contributed by atoms with Crippen LogP contribution in [0.5, 0.6) is 0 Å². The van der Waals surface area contributed by atoms with Gasteiger partial charge in [-0.3, -0.25) is 9.59 Å². The minimum absolute atomic E-state index is 0.0765. The van der Waals surface area contributed by atoms with Gasteiger partial charge in [-0.25, -0.2) is 0 Å². The van der Waals surface area contributed by atoms with Crippen molar-refractivity contribution >= 4 is 23.1 Å². The largest absolute Gasteiger partial charge is 0.342 e. The van der Waals surface area contributed by atoms with Crippen molar-refractivity contribution in [1.29, 1.82) is 0 Å². The molecule has 0 saturated carbocycles. The zero-order valence-electron chi connectivity index (χ0n) is 16.7. The Morgan fingerprint density at radius 3 is 2.43 bits per heavy atom. The molecule has 1 aromatic heterocycles. The Morgan fingerprint density at radius 2 is 1.86 bits per heavy atom. The van der Waals surface area contributed by atoms with Crippen LogP contribution in [0.25, 0.3) is 5.57 Å². The summed E-state index contributed by atoms with van der Waals surface area (Å²) in [6.45, 7) is 8.08. The summed E-state index contributed by atoms with van der Waals surface area (Å²) >= 11 is 5.90. The Hall–Kier alpha value is -2.33. The van der Waals surface area contributed by atoms with E-state index in [0.717, 1.165) is 36.2 Å². The number of amides is 1. The van der Waals surface area contributed by atoms with Crippen LogP contribution in [0.15, 0.2) is 47.3 Å². The molecule has 0 unspecified atom stereocenters. The van der Waals surface area contributed by atoms with E-state index in [1.54, 1.807) is 6.07 Å². The second-order valence-electron chi connectivity index (χ2n) is 8.27. The van der Waals surface area contributed by atoms with Crippen LogP contribution in [0.2, 0.25) is 5.02 Å². The van der Waals surface area contributed by atoms with Crippen molar-refractivity contribution in [2.24, 2.45) is 0 Å². The van der Waals surface area contributed by atoms with Gasteiger partial charge in [0, 0.05) is 30.8 Å². The van der Waals surface area contributed by atoms with Gasteiger partial charge in [0.1, 0.15) is 5.02 Å². The molecular formula is C23H27ClN2O2. The first-order valence-electron chi connectivity index (χ1n) is 9.74. The molecule has 4 nitrogen and oxygen atoms in total. The van der Waals surface area contributed by atoms with E-state index in [1.165, 1.54) is 5.56 Å². The summed E-state index contributed by atoms with van der Waals surface area (Å²) in [6.07, 6.45) is 4.41. The number of likely N-dealkylation sites (tertiary alicyclic amines) is 1. The van der Waals surface area contributed by atoms with Gasteiger partial charge in [0.25, 0.3) is 5.56 Å². The van der Waals surface area contributed by atoms with Crippen LogP contribution in [-0.4, -0.2) is 28.9 Å². The highest BCUT2D eigenvalue weighted by atomic mass is 35.5. The van der Waals surface area contributed by atoms with Crippen LogP contribution in [0, 0.1) is 0 Å². The number of carbonyl (C=O) groups is 1. The molecule has 1 aliphatic heterocycles. The van der Waals surface area contributed by atoms with Gasteiger partial charge in [-0.05, 0) is 41.5 Å². The third-order valence-electron chi connectivity index (χ3n) is 5.13. The molecule has 1 N–H and O–H groups in total. The van der Waals surface area contributed by atoms with Crippen LogP contribution < -0.4 is 5.56 Å². The number of carbonyl (C=O) groups excluding carboxylic acids is 1. The third kappa shape index (κ3) is 4.74. The first kappa shape index (κ1) is 20.4. The lowest BCUT2D eigenvalue weighted by Crippen LogP contribution is -2.25. The number of benzene rings is 1. The number of H-pyrrole nitrogens is 1. The Kier molecular flexibility index (Phi) is 6.09. The quantitative estimate of drug-likeness (QED) is 0.788. The van der Waals surface area contributed by atoms with E-state index in [0.29, 0.717) is 13.0 Å². The van der Waals surface area contributed by atoms with Gasteiger partial charge in [0.2, 0.25) is 5.91 Å². The standard InChI is InChI=1S/C23H27ClN2O2/c1-23(2,3)17-10-8-16(9-11-17)18(20-13-12-19(24)22(28)25-20)6-4-14-26-15-5-7-21(26)27/h6,8-13H,4-5,7,14-15H2,1-3H3,(H,25,28)/b18-6+. The van der Waals surface area contributed by atoms with Crippen molar-refractivity contribution < 1.29 is 4.79 Å². The van der Waals surface area contributed by atoms with Gasteiger partial charge < -0.3 is 9.88 Å². The fourth-order valence-corrected chi connectivity index (χ4v) is 3.56. The van der Waals surface area contributed by atoms with E-state index in [9.17, 15) is 9.59 Å². The Morgan fingerprint density at radius 1 is 1.14 bits per heavy atom. The van der Waals surface area contributed by atoms with E-state index in [-0.39, 0.29) is 21.9 Å². The minimum atomic E-state index is -0.300. The average Bonchev–Trinajstić information content (AvgIpc) is 3.06. The molecule has 148 valence electrons. The summed E-state index contributed by atoms with van der Waals surface area (Å²) in [5.41, 5.74) is 3.73. The average molecular weight is 399 g/mol. The molecule has 1 fully saturated rings. The Balaban J connectivity index is 1.91. The third-order valence-corrected chi connectivity index (χ3v) is 5.43. The predicted molar refractivity (Wildman–Crippen MR) is 115 cm³/mol. The maximum Gasteiger partial charge on any atom is 0.267 e. The lowest BCUT2D eigenvalue weighted by atomic mass is 9.86. The normalized spacial score (nSPS) is 15.4. The number of hydrogen-bond donors (Lipinski definition) is 1. The number of rotatable bonds is 5. The van der Waals surface area contributed by atoms with E-state index in [4.69, 9.17) is 11.6 Å². The van der Waals surface area contributed by atoms with E-state index < -0.39 is 0 Å². The highest BCUT2D eigenvalue weighted by Gasteiger charge is 2.19. The van der Waals surface area contributed by atoms with Crippen molar-refractivity contribution in [1.82, 2.24) is 9.88 Å². The van der Waals surface area contributed by atoms with Crippen LogP contribution in [0.4, 0.5) is 0 Å². The second-order valence-corrected chi connectivity index (χ2v) is 8.67. The molecule has 2 heterocycles. The summed E-state index contributed by atoms with van der Waals surface area (Å²) in [5.74, 6) is 0.226. The number of aromatic amines is 1. The van der Waals surface area contributed by atoms with Gasteiger partial charge >= 0.3 is 0 Å². The summed E-state index contributed by atoms with van der Waals surface area (Å²) in [5, 5.41) is 0.175. The molecule has 3 rings (SSSR count). The monoisotopic (exact) mass is 398 g/mol.